The fourth-order valence-electron chi connectivity index (χ4n) is 2.33. The van der Waals surface area contributed by atoms with Crippen LogP contribution in [0.1, 0.15) is 18.5 Å². The van der Waals surface area contributed by atoms with Crippen molar-refractivity contribution in [3.63, 3.8) is 0 Å². The van der Waals surface area contributed by atoms with Crippen molar-refractivity contribution in [3.8, 4) is 5.69 Å². The van der Waals surface area contributed by atoms with Gasteiger partial charge in [0, 0.05) is 24.5 Å². The third kappa shape index (κ3) is 3.39. The molecule has 2 heterocycles. The summed E-state index contributed by atoms with van der Waals surface area (Å²) in [7, 11) is 0. The molecule has 2 aromatic rings. The molecule has 1 aliphatic rings. The van der Waals surface area contributed by atoms with Gasteiger partial charge in [0.1, 0.15) is 0 Å². The minimum Gasteiger partial charge on any atom is -0.307 e. The number of rotatable bonds is 4. The van der Waals surface area contributed by atoms with Crippen LogP contribution in [0.3, 0.4) is 0 Å². The van der Waals surface area contributed by atoms with Crippen LogP contribution in [0.25, 0.3) is 5.69 Å². The van der Waals surface area contributed by atoms with E-state index in [1.165, 1.54) is 24.3 Å². The number of thioether (sulfide) groups is 1. The van der Waals surface area contributed by atoms with Gasteiger partial charge in [-0.25, -0.2) is 4.68 Å². The Morgan fingerprint density at radius 2 is 2.16 bits per heavy atom. The fraction of sp³-hybridized carbons (Fsp3) is 0.400. The lowest BCUT2D eigenvalue weighted by molar-refractivity contribution is 0.502. The Morgan fingerprint density at radius 3 is 2.95 bits per heavy atom. The Balaban J connectivity index is 1.59. The summed E-state index contributed by atoms with van der Waals surface area (Å²) in [5.74, 6) is 2.56. The first-order valence-corrected chi connectivity index (χ1v) is 7.98. The molecule has 0 saturated carbocycles. The summed E-state index contributed by atoms with van der Waals surface area (Å²) < 4.78 is 1.94. The first-order valence-electron chi connectivity index (χ1n) is 6.83. The van der Waals surface area contributed by atoms with Gasteiger partial charge in [-0.05, 0) is 36.8 Å². The van der Waals surface area contributed by atoms with Crippen LogP contribution < -0.4 is 5.32 Å². The molecule has 1 saturated heterocycles. The van der Waals surface area contributed by atoms with E-state index in [-0.39, 0.29) is 0 Å². The molecule has 0 aliphatic carbocycles. The van der Waals surface area contributed by atoms with Gasteiger partial charge in [0.25, 0.3) is 0 Å². The maximum absolute atomic E-state index is 4.61. The first kappa shape index (κ1) is 12.8. The summed E-state index contributed by atoms with van der Waals surface area (Å²) in [6, 6.07) is 13.0. The van der Waals surface area contributed by atoms with E-state index in [9.17, 15) is 0 Å². The zero-order valence-corrected chi connectivity index (χ0v) is 11.8. The van der Waals surface area contributed by atoms with Gasteiger partial charge in [-0.3, -0.25) is 0 Å². The molecule has 1 aliphatic heterocycles. The maximum Gasteiger partial charge on any atom is 0.0766 e. The van der Waals surface area contributed by atoms with Crippen LogP contribution in [-0.2, 0) is 6.54 Å². The average molecular weight is 273 g/mol. The molecule has 1 atom stereocenters. The second-order valence-electron chi connectivity index (χ2n) is 4.88. The lowest BCUT2D eigenvalue weighted by Crippen LogP contribution is -2.33. The van der Waals surface area contributed by atoms with Crippen LogP contribution in [-0.4, -0.2) is 27.3 Å². The molecular formula is C15H19N3S. The van der Waals surface area contributed by atoms with E-state index in [2.05, 4.69) is 40.4 Å². The van der Waals surface area contributed by atoms with Gasteiger partial charge in [0.2, 0.25) is 0 Å². The van der Waals surface area contributed by atoms with E-state index in [0.29, 0.717) is 6.04 Å². The van der Waals surface area contributed by atoms with Crippen LogP contribution in [0.15, 0.2) is 42.6 Å². The molecule has 1 unspecified atom stereocenters. The number of nitrogens with zero attached hydrogens (tertiary/aromatic N) is 2. The molecule has 1 aromatic heterocycles. The molecular weight excluding hydrogens is 254 g/mol. The van der Waals surface area contributed by atoms with Crippen LogP contribution in [0.4, 0.5) is 0 Å². The number of aromatic nitrogens is 2. The molecule has 1 aromatic carbocycles. The average Bonchev–Trinajstić information content (AvgIpc) is 2.96. The minimum atomic E-state index is 0.653. The van der Waals surface area contributed by atoms with Gasteiger partial charge in [-0.1, -0.05) is 18.2 Å². The number of hydrogen-bond acceptors (Lipinski definition) is 3. The van der Waals surface area contributed by atoms with Crippen LogP contribution in [0.2, 0.25) is 0 Å². The Labute approximate surface area is 118 Å². The summed E-state index contributed by atoms with van der Waals surface area (Å²) in [6.45, 7) is 0.866. The maximum atomic E-state index is 4.61. The standard InChI is InChI=1S/C15H19N3S/c1-2-6-15(7-3-1)18-9-8-13(17-18)11-16-14-5-4-10-19-12-14/h1-3,6-9,14,16H,4-5,10-12H2. The van der Waals surface area contributed by atoms with Crippen molar-refractivity contribution in [1.29, 1.82) is 0 Å². The Kier molecular flexibility index (Phi) is 4.20. The van der Waals surface area contributed by atoms with E-state index < -0.39 is 0 Å². The Morgan fingerprint density at radius 1 is 1.26 bits per heavy atom. The number of hydrogen-bond donors (Lipinski definition) is 1. The van der Waals surface area contributed by atoms with Gasteiger partial charge in [-0.2, -0.15) is 16.9 Å². The summed E-state index contributed by atoms with van der Waals surface area (Å²) in [5.41, 5.74) is 2.22. The molecule has 1 N–H and O–H groups in total. The third-order valence-electron chi connectivity index (χ3n) is 3.40. The molecule has 4 heteroatoms. The third-order valence-corrected chi connectivity index (χ3v) is 4.61. The quantitative estimate of drug-likeness (QED) is 0.929. The van der Waals surface area contributed by atoms with Crippen LogP contribution >= 0.6 is 11.8 Å². The van der Waals surface area contributed by atoms with Gasteiger partial charge in [-0.15, -0.1) is 0 Å². The highest BCUT2D eigenvalue weighted by molar-refractivity contribution is 7.99. The zero-order chi connectivity index (χ0) is 12.9. The van der Waals surface area contributed by atoms with Gasteiger partial charge < -0.3 is 5.32 Å². The second-order valence-corrected chi connectivity index (χ2v) is 6.03. The predicted molar refractivity (Wildman–Crippen MR) is 80.8 cm³/mol. The summed E-state index contributed by atoms with van der Waals surface area (Å²) in [5, 5.41) is 8.22. The van der Waals surface area contributed by atoms with Gasteiger partial charge in [0.15, 0.2) is 0 Å². The van der Waals surface area contributed by atoms with Crippen molar-refractivity contribution >= 4 is 11.8 Å². The van der Waals surface area contributed by atoms with E-state index >= 15 is 0 Å². The highest BCUT2D eigenvalue weighted by atomic mass is 32.2. The molecule has 1 fully saturated rings. The highest BCUT2D eigenvalue weighted by Crippen LogP contribution is 2.17. The SMILES string of the molecule is c1ccc(-n2ccc(CNC3CCCSC3)n2)cc1. The van der Waals surface area contributed by atoms with Crippen LogP contribution in [0, 0.1) is 0 Å². The van der Waals surface area contributed by atoms with Gasteiger partial charge in [0.05, 0.1) is 11.4 Å². The lowest BCUT2D eigenvalue weighted by Gasteiger charge is -2.21. The summed E-state index contributed by atoms with van der Waals surface area (Å²) in [4.78, 5) is 0. The van der Waals surface area contributed by atoms with Crippen molar-refractivity contribution < 1.29 is 0 Å². The monoisotopic (exact) mass is 273 g/mol. The lowest BCUT2D eigenvalue weighted by atomic mass is 10.2. The van der Waals surface area contributed by atoms with E-state index in [1.54, 1.807) is 0 Å². The second kappa shape index (κ2) is 6.26. The molecule has 3 nitrogen and oxygen atoms in total. The van der Waals surface area contributed by atoms with Crippen molar-refractivity contribution in [2.75, 3.05) is 11.5 Å². The Bertz CT molecular complexity index is 503. The van der Waals surface area contributed by atoms with E-state index in [1.807, 2.05) is 29.1 Å². The summed E-state index contributed by atoms with van der Waals surface area (Å²) >= 11 is 2.05. The number of para-hydroxylation sites is 1. The number of nitrogens with one attached hydrogen (secondary N) is 1. The zero-order valence-electron chi connectivity index (χ0n) is 11.0. The van der Waals surface area contributed by atoms with E-state index in [0.717, 1.165) is 17.9 Å². The van der Waals surface area contributed by atoms with Crippen molar-refractivity contribution in [1.82, 2.24) is 15.1 Å². The van der Waals surface area contributed by atoms with Gasteiger partial charge >= 0.3 is 0 Å². The molecule has 0 radical (unpaired) electrons. The number of benzene rings is 1. The molecule has 0 bridgehead atoms. The molecule has 19 heavy (non-hydrogen) atoms. The fourth-order valence-corrected chi connectivity index (χ4v) is 3.44. The normalized spacial score (nSPS) is 19.5. The van der Waals surface area contributed by atoms with Crippen molar-refractivity contribution in [2.24, 2.45) is 0 Å². The first-order chi connectivity index (χ1) is 9.42. The topological polar surface area (TPSA) is 29.9 Å². The largest absolute Gasteiger partial charge is 0.307 e. The molecule has 0 spiro atoms. The molecule has 3 rings (SSSR count). The van der Waals surface area contributed by atoms with Crippen molar-refractivity contribution in [3.05, 3.63) is 48.3 Å². The molecule has 0 amide bonds. The Hall–Kier alpha value is -1.26. The van der Waals surface area contributed by atoms with Crippen molar-refractivity contribution in [2.45, 2.75) is 25.4 Å². The van der Waals surface area contributed by atoms with Crippen LogP contribution in [0.5, 0.6) is 0 Å². The smallest absolute Gasteiger partial charge is 0.0766 e. The minimum absolute atomic E-state index is 0.653. The summed E-state index contributed by atoms with van der Waals surface area (Å²) in [6.07, 6.45) is 4.66. The molecule has 100 valence electrons. The highest BCUT2D eigenvalue weighted by Gasteiger charge is 2.13. The predicted octanol–water partition coefficient (Wildman–Crippen LogP) is 2.86. The van der Waals surface area contributed by atoms with E-state index in [4.69, 9.17) is 0 Å².